The van der Waals surface area contributed by atoms with Gasteiger partial charge >= 0.3 is 6.03 Å². The lowest BCUT2D eigenvalue weighted by Crippen LogP contribution is -2.25. The molecule has 2 amide bonds. The number of amides is 2. The van der Waals surface area contributed by atoms with E-state index in [-0.39, 0.29) is 6.03 Å². The smallest absolute Gasteiger partial charge is 0.308 e. The van der Waals surface area contributed by atoms with Crippen molar-refractivity contribution in [1.29, 1.82) is 0 Å². The maximum atomic E-state index is 12.0. The van der Waals surface area contributed by atoms with Gasteiger partial charge in [-0.05, 0) is 45.5 Å². The highest BCUT2D eigenvalue weighted by molar-refractivity contribution is 7.13. The van der Waals surface area contributed by atoms with E-state index in [1.165, 1.54) is 11.3 Å². The molecule has 23 heavy (non-hydrogen) atoms. The summed E-state index contributed by atoms with van der Waals surface area (Å²) < 4.78 is 0. The predicted octanol–water partition coefficient (Wildman–Crippen LogP) is 4.59. The summed E-state index contributed by atoms with van der Waals surface area (Å²) in [6.07, 6.45) is 0. The Labute approximate surface area is 145 Å². The van der Waals surface area contributed by atoms with Gasteiger partial charge in [-0.1, -0.05) is 17.7 Å². The van der Waals surface area contributed by atoms with Gasteiger partial charge in [0, 0.05) is 28.7 Å². The molecule has 5 nitrogen and oxygen atoms in total. The Balaban J connectivity index is 1.92. The van der Waals surface area contributed by atoms with Crippen molar-refractivity contribution in [3.63, 3.8) is 0 Å². The molecule has 2 N–H and O–H groups in total. The zero-order chi connectivity index (χ0) is 17.0. The molecular weight excluding hydrogens is 332 g/mol. The number of nitrogens with one attached hydrogen (secondary N) is 2. The van der Waals surface area contributed by atoms with E-state index in [4.69, 9.17) is 11.6 Å². The Hall–Kier alpha value is -1.63. The summed E-state index contributed by atoms with van der Waals surface area (Å²) in [7, 11) is 2.05. The van der Waals surface area contributed by atoms with E-state index in [1.807, 2.05) is 31.5 Å². The van der Waals surface area contributed by atoms with Crippen molar-refractivity contribution in [3.05, 3.63) is 39.9 Å². The molecule has 2 rings (SSSR count). The molecule has 0 saturated heterocycles. The van der Waals surface area contributed by atoms with Gasteiger partial charge in [-0.25, -0.2) is 9.78 Å². The van der Waals surface area contributed by atoms with Crippen molar-refractivity contribution in [3.8, 4) is 0 Å². The number of urea groups is 1. The van der Waals surface area contributed by atoms with Crippen LogP contribution in [0.5, 0.6) is 0 Å². The first-order valence-corrected chi connectivity index (χ1v) is 8.59. The van der Waals surface area contributed by atoms with Crippen LogP contribution in [0.2, 0.25) is 5.02 Å². The van der Waals surface area contributed by atoms with Crippen LogP contribution in [0.1, 0.15) is 25.1 Å². The Morgan fingerprint density at radius 3 is 2.78 bits per heavy atom. The number of carbonyl (C=O) groups excluding carboxylic acids is 1. The maximum Gasteiger partial charge on any atom is 0.325 e. The number of anilines is 2. The highest BCUT2D eigenvalue weighted by atomic mass is 35.5. The molecule has 0 spiro atoms. The first-order chi connectivity index (χ1) is 10.8. The van der Waals surface area contributed by atoms with E-state index in [0.29, 0.717) is 21.9 Å². The van der Waals surface area contributed by atoms with Gasteiger partial charge in [0.2, 0.25) is 0 Å². The number of hydrogen-bond acceptors (Lipinski definition) is 4. The SMILES string of the molecule is Cc1ccc(NC(=O)Nc2nc(CN(C)C(C)C)cs2)cc1Cl. The summed E-state index contributed by atoms with van der Waals surface area (Å²) in [5.74, 6) is 0. The van der Waals surface area contributed by atoms with Crippen LogP contribution in [0.15, 0.2) is 23.6 Å². The van der Waals surface area contributed by atoms with Crippen molar-refractivity contribution in [2.24, 2.45) is 0 Å². The minimum atomic E-state index is -0.331. The van der Waals surface area contributed by atoms with E-state index in [2.05, 4.69) is 34.4 Å². The monoisotopic (exact) mass is 352 g/mol. The van der Waals surface area contributed by atoms with Crippen molar-refractivity contribution in [1.82, 2.24) is 9.88 Å². The third-order valence-electron chi connectivity index (χ3n) is 3.49. The molecule has 7 heteroatoms. The van der Waals surface area contributed by atoms with E-state index < -0.39 is 0 Å². The Kier molecular flexibility index (Phi) is 5.98. The fourth-order valence-corrected chi connectivity index (χ4v) is 2.68. The standard InChI is InChI=1S/C16H21ClN4OS/c1-10(2)21(4)8-13-9-23-16(19-13)20-15(22)18-12-6-5-11(3)14(17)7-12/h5-7,9-10H,8H2,1-4H3,(H2,18,19,20,22). The molecule has 0 aliphatic rings. The molecule has 0 atom stereocenters. The summed E-state index contributed by atoms with van der Waals surface area (Å²) in [4.78, 5) is 18.6. The Morgan fingerprint density at radius 1 is 1.39 bits per heavy atom. The van der Waals surface area contributed by atoms with Gasteiger partial charge in [-0.2, -0.15) is 0 Å². The van der Waals surface area contributed by atoms with E-state index >= 15 is 0 Å². The van der Waals surface area contributed by atoms with Gasteiger partial charge in [0.05, 0.1) is 5.69 Å². The summed E-state index contributed by atoms with van der Waals surface area (Å²) in [6, 6.07) is 5.51. The predicted molar refractivity (Wildman–Crippen MR) is 97.5 cm³/mol. The van der Waals surface area contributed by atoms with Gasteiger partial charge in [-0.15, -0.1) is 11.3 Å². The van der Waals surface area contributed by atoms with Crippen LogP contribution in [0.4, 0.5) is 15.6 Å². The van der Waals surface area contributed by atoms with Crippen molar-refractivity contribution in [2.75, 3.05) is 17.7 Å². The Bertz CT molecular complexity index is 686. The summed E-state index contributed by atoms with van der Waals surface area (Å²) >= 11 is 7.46. The summed E-state index contributed by atoms with van der Waals surface area (Å²) in [5.41, 5.74) is 2.56. The second kappa shape index (κ2) is 7.77. The maximum absolute atomic E-state index is 12.0. The molecular formula is C16H21ClN4OS. The quantitative estimate of drug-likeness (QED) is 0.827. The molecule has 0 fully saturated rings. The lowest BCUT2D eigenvalue weighted by Gasteiger charge is -2.19. The molecule has 1 aromatic carbocycles. The van der Waals surface area contributed by atoms with Gasteiger partial charge in [0.25, 0.3) is 0 Å². The lowest BCUT2D eigenvalue weighted by molar-refractivity contribution is 0.261. The average Bonchev–Trinajstić information content (AvgIpc) is 2.89. The highest BCUT2D eigenvalue weighted by Gasteiger charge is 2.10. The lowest BCUT2D eigenvalue weighted by atomic mass is 10.2. The topological polar surface area (TPSA) is 57.3 Å². The van der Waals surface area contributed by atoms with Crippen LogP contribution in [-0.2, 0) is 6.54 Å². The fourth-order valence-electron chi connectivity index (χ4n) is 1.81. The average molecular weight is 353 g/mol. The van der Waals surface area contributed by atoms with Crippen molar-refractivity contribution in [2.45, 2.75) is 33.4 Å². The zero-order valence-corrected chi connectivity index (χ0v) is 15.3. The van der Waals surface area contributed by atoms with Crippen molar-refractivity contribution >= 4 is 39.8 Å². The largest absolute Gasteiger partial charge is 0.325 e. The molecule has 0 saturated carbocycles. The first-order valence-electron chi connectivity index (χ1n) is 7.34. The van der Waals surface area contributed by atoms with Gasteiger partial charge in [0.1, 0.15) is 0 Å². The number of nitrogens with zero attached hydrogens (tertiary/aromatic N) is 2. The fraction of sp³-hybridized carbons (Fsp3) is 0.375. The number of aromatic nitrogens is 1. The number of hydrogen-bond donors (Lipinski definition) is 2. The number of halogens is 1. The molecule has 0 aliphatic heterocycles. The van der Waals surface area contributed by atoms with Crippen molar-refractivity contribution < 1.29 is 4.79 Å². The number of rotatable bonds is 5. The zero-order valence-electron chi connectivity index (χ0n) is 13.7. The summed E-state index contributed by atoms with van der Waals surface area (Å²) in [6.45, 7) is 6.93. The third-order valence-corrected chi connectivity index (χ3v) is 4.71. The van der Waals surface area contributed by atoms with Crippen LogP contribution in [0.3, 0.4) is 0 Å². The van der Waals surface area contributed by atoms with Gasteiger partial charge in [0.15, 0.2) is 5.13 Å². The van der Waals surface area contributed by atoms with E-state index in [9.17, 15) is 4.79 Å². The van der Waals surface area contributed by atoms with Crippen LogP contribution in [0.25, 0.3) is 0 Å². The molecule has 1 aromatic heterocycles. The second-order valence-electron chi connectivity index (χ2n) is 5.70. The summed E-state index contributed by atoms with van der Waals surface area (Å²) in [5, 5.41) is 8.65. The molecule has 2 aromatic rings. The number of thiazole rings is 1. The molecule has 0 radical (unpaired) electrons. The molecule has 0 aliphatic carbocycles. The molecule has 0 unspecified atom stereocenters. The minimum Gasteiger partial charge on any atom is -0.308 e. The van der Waals surface area contributed by atoms with E-state index in [1.54, 1.807) is 6.07 Å². The van der Waals surface area contributed by atoms with Crippen LogP contribution in [-0.4, -0.2) is 29.0 Å². The Morgan fingerprint density at radius 2 is 2.13 bits per heavy atom. The molecule has 1 heterocycles. The second-order valence-corrected chi connectivity index (χ2v) is 6.96. The number of aryl methyl sites for hydroxylation is 1. The third kappa shape index (κ3) is 5.20. The number of benzene rings is 1. The first kappa shape index (κ1) is 17.7. The van der Waals surface area contributed by atoms with Gasteiger partial charge in [-0.3, -0.25) is 10.2 Å². The molecule has 124 valence electrons. The molecule has 0 bridgehead atoms. The van der Waals surface area contributed by atoms with Crippen LogP contribution in [0, 0.1) is 6.92 Å². The van der Waals surface area contributed by atoms with Crippen LogP contribution >= 0.6 is 22.9 Å². The van der Waals surface area contributed by atoms with E-state index in [0.717, 1.165) is 17.8 Å². The van der Waals surface area contributed by atoms with Crippen LogP contribution < -0.4 is 10.6 Å². The highest BCUT2D eigenvalue weighted by Crippen LogP contribution is 2.21. The number of carbonyl (C=O) groups is 1. The van der Waals surface area contributed by atoms with Gasteiger partial charge < -0.3 is 5.32 Å². The minimum absolute atomic E-state index is 0.331. The normalized spacial score (nSPS) is 11.1.